The smallest absolute Gasteiger partial charge is 0.434 e. The number of alkyl halides is 2. The van der Waals surface area contributed by atoms with Crippen LogP contribution >= 0.6 is 19.3 Å². The van der Waals surface area contributed by atoms with Gasteiger partial charge in [-0.25, -0.2) is 9.36 Å². The highest BCUT2D eigenvalue weighted by Crippen LogP contribution is 2.55. The van der Waals surface area contributed by atoms with Crippen molar-refractivity contribution in [1.82, 2.24) is 9.55 Å². The monoisotopic (exact) mass is 661 g/mol. The first-order valence-electron chi connectivity index (χ1n) is 13.8. The molecule has 2 fully saturated rings. The van der Waals surface area contributed by atoms with Crippen molar-refractivity contribution in [3.63, 3.8) is 0 Å². The van der Waals surface area contributed by atoms with Crippen molar-refractivity contribution in [3.8, 4) is 0 Å². The Morgan fingerprint density at radius 1 is 1.16 bits per heavy atom. The molecule has 0 radical (unpaired) electrons. The highest BCUT2D eigenvalue weighted by molar-refractivity contribution is 7.55. The van der Waals surface area contributed by atoms with Gasteiger partial charge in [0.1, 0.15) is 18.5 Å². The van der Waals surface area contributed by atoms with Crippen molar-refractivity contribution in [1.29, 1.82) is 0 Å². The Balaban J connectivity index is 1.56. The van der Waals surface area contributed by atoms with Gasteiger partial charge in [0.05, 0.1) is 23.5 Å². The molecular weight excluding hydrogens is 627 g/mol. The fourth-order valence-electron chi connectivity index (χ4n) is 4.23. The summed E-state index contributed by atoms with van der Waals surface area (Å²) < 4.78 is 72.3. The van der Waals surface area contributed by atoms with Gasteiger partial charge in [0.2, 0.25) is 6.23 Å². The van der Waals surface area contributed by atoms with Gasteiger partial charge in [-0.15, -0.1) is 0 Å². The Morgan fingerprint density at radius 2 is 1.84 bits per heavy atom. The maximum absolute atomic E-state index is 15.8. The number of nitrogens with one attached hydrogen (secondary N) is 1. The van der Waals surface area contributed by atoms with E-state index in [9.17, 15) is 18.9 Å². The number of hydrogen-bond acceptors (Lipinski definition) is 10. The van der Waals surface area contributed by atoms with Crippen LogP contribution in [0.2, 0.25) is 5.02 Å². The van der Waals surface area contributed by atoms with Crippen LogP contribution in [0.5, 0.6) is 0 Å². The van der Waals surface area contributed by atoms with E-state index >= 15 is 8.78 Å². The minimum atomic E-state index is -4.03. The van der Waals surface area contributed by atoms with E-state index in [0.29, 0.717) is 21.6 Å². The minimum Gasteiger partial charge on any atom is -0.462 e. The Labute approximate surface area is 257 Å². The molecule has 242 valence electrons. The number of carbonyl (C=O) groups excluding carboxylic acids is 2. The van der Waals surface area contributed by atoms with Crippen molar-refractivity contribution in [3.05, 3.63) is 57.6 Å². The van der Waals surface area contributed by atoms with Gasteiger partial charge >= 0.3 is 31.3 Å². The topological polar surface area (TPSA) is 144 Å². The average molecular weight is 662 g/mol. The van der Waals surface area contributed by atoms with Crippen molar-refractivity contribution >= 4 is 37.1 Å². The van der Waals surface area contributed by atoms with Crippen LogP contribution in [0.15, 0.2) is 41.3 Å². The lowest BCUT2D eigenvalue weighted by molar-refractivity contribution is -0.184. The first-order chi connectivity index (χ1) is 20.3. The number of hydrogen-bond donors (Lipinski definition) is 1. The maximum Gasteiger partial charge on any atom is 0.434 e. The number of aromatic nitrogens is 2. The van der Waals surface area contributed by atoms with Crippen LogP contribution in [0.3, 0.4) is 0 Å². The van der Waals surface area contributed by atoms with E-state index < -0.39 is 73.3 Å². The fourth-order valence-corrected chi connectivity index (χ4v) is 5.92. The van der Waals surface area contributed by atoms with Crippen LogP contribution < -0.4 is 10.8 Å². The lowest BCUT2D eigenvalue weighted by Crippen LogP contribution is -2.46. The summed E-state index contributed by atoms with van der Waals surface area (Å²) in [7, 11) is -4.03. The molecule has 1 aromatic heterocycles. The summed E-state index contributed by atoms with van der Waals surface area (Å²) in [6.07, 6.45) is -5.39. The van der Waals surface area contributed by atoms with Gasteiger partial charge < -0.3 is 14.2 Å². The predicted octanol–water partition coefficient (Wildman–Crippen LogP) is 5.67. The van der Waals surface area contributed by atoms with Crippen LogP contribution in [0.4, 0.5) is 14.6 Å². The third-order valence-corrected chi connectivity index (χ3v) is 8.44. The van der Waals surface area contributed by atoms with Gasteiger partial charge in [0.25, 0.3) is 0 Å². The summed E-state index contributed by atoms with van der Waals surface area (Å²) in [5.41, 5.74) is -2.62. The minimum absolute atomic E-state index is 0.0521. The van der Waals surface area contributed by atoms with E-state index in [4.69, 9.17) is 34.9 Å². The quantitative estimate of drug-likeness (QED) is 0.289. The van der Waals surface area contributed by atoms with Crippen molar-refractivity contribution in [2.75, 3.05) is 18.3 Å². The molecule has 3 heterocycles. The van der Waals surface area contributed by atoms with E-state index in [1.54, 1.807) is 45.0 Å². The highest BCUT2D eigenvalue weighted by atomic mass is 35.5. The van der Waals surface area contributed by atoms with Crippen LogP contribution in [-0.4, -0.2) is 52.8 Å². The summed E-state index contributed by atoms with van der Waals surface area (Å²) in [6.45, 7) is 8.57. The van der Waals surface area contributed by atoms with Gasteiger partial charge in [-0.1, -0.05) is 23.7 Å². The standard InChI is InChI=1S/C28H35ClF2N3O9P/c1-26(2,3)23(35)39-15-19-21(42-24(36)27(4,5)6)28(30,31)22(41-19)34-12-10-20(32-25(34)37)33-44(38)40-13-11-18(43-44)16-8-7-9-17(29)14-16/h7-10,12,14,18-19,21-22H,11,13,15H2,1-6H3,(H,32,33,37,38). The molecule has 1 N–H and O–H groups in total. The molecule has 12 nitrogen and oxygen atoms in total. The molecule has 5 atom stereocenters. The average Bonchev–Trinajstić information content (AvgIpc) is 3.15. The number of rotatable bonds is 7. The van der Waals surface area contributed by atoms with Gasteiger partial charge in [0, 0.05) is 17.6 Å². The molecule has 2 saturated heterocycles. The number of esters is 2. The molecule has 5 unspecified atom stereocenters. The summed E-state index contributed by atoms with van der Waals surface area (Å²) in [6, 6.07) is 7.91. The Bertz CT molecular complexity index is 1510. The molecule has 0 aliphatic carbocycles. The SMILES string of the molecule is CC(C)(C)C(=O)OCC1OC(n2ccc(NP3(=O)OCCC(c4cccc(Cl)c4)O3)nc2=O)C(F)(F)C1OC(=O)C(C)(C)C. The van der Waals surface area contributed by atoms with Crippen molar-refractivity contribution < 1.29 is 46.2 Å². The second-order valence-corrected chi connectivity index (χ2v) is 14.6. The van der Waals surface area contributed by atoms with Crippen LogP contribution in [0.25, 0.3) is 0 Å². The lowest BCUT2D eigenvalue weighted by atomic mass is 9.97. The van der Waals surface area contributed by atoms with Crippen LogP contribution in [0.1, 0.15) is 65.9 Å². The number of halogens is 3. The molecule has 4 rings (SSSR count). The third kappa shape index (κ3) is 7.66. The number of ether oxygens (including phenoxy) is 3. The summed E-state index contributed by atoms with van der Waals surface area (Å²) >= 11 is 6.05. The van der Waals surface area contributed by atoms with Crippen molar-refractivity contribution in [2.45, 2.75) is 78.4 Å². The molecular formula is C28H35ClF2N3O9P. The van der Waals surface area contributed by atoms with Crippen molar-refractivity contribution in [2.24, 2.45) is 10.8 Å². The zero-order chi connectivity index (χ0) is 32.7. The van der Waals surface area contributed by atoms with E-state index in [0.717, 1.165) is 12.3 Å². The first-order valence-corrected chi connectivity index (χ1v) is 15.7. The number of nitrogens with zero attached hydrogens (tertiary/aromatic N) is 2. The van der Waals surface area contributed by atoms with Gasteiger partial charge in [0.15, 0.2) is 6.10 Å². The third-order valence-electron chi connectivity index (χ3n) is 6.65. The van der Waals surface area contributed by atoms with Gasteiger partial charge in [-0.3, -0.25) is 28.3 Å². The fraction of sp³-hybridized carbons (Fsp3) is 0.571. The van der Waals surface area contributed by atoms with Crippen LogP contribution in [-0.2, 0) is 37.4 Å². The van der Waals surface area contributed by atoms with Gasteiger partial charge in [-0.2, -0.15) is 13.8 Å². The number of anilines is 1. The molecule has 0 bridgehead atoms. The maximum atomic E-state index is 15.8. The molecule has 1 aromatic carbocycles. The molecule has 16 heteroatoms. The number of carbonyl (C=O) groups is 2. The zero-order valence-electron chi connectivity index (χ0n) is 25.0. The molecule has 2 aliphatic heterocycles. The second kappa shape index (κ2) is 12.5. The second-order valence-electron chi connectivity index (χ2n) is 12.5. The Morgan fingerprint density at radius 3 is 2.45 bits per heavy atom. The van der Waals surface area contributed by atoms with E-state index in [-0.39, 0.29) is 12.4 Å². The summed E-state index contributed by atoms with van der Waals surface area (Å²) in [5.74, 6) is -5.86. The van der Waals surface area contributed by atoms with E-state index in [1.807, 2.05) is 0 Å². The van der Waals surface area contributed by atoms with Gasteiger partial charge in [-0.05, 0) is 65.3 Å². The lowest BCUT2D eigenvalue weighted by Gasteiger charge is -2.30. The zero-order valence-corrected chi connectivity index (χ0v) is 26.7. The largest absolute Gasteiger partial charge is 0.462 e. The highest BCUT2D eigenvalue weighted by Gasteiger charge is 2.63. The van der Waals surface area contributed by atoms with E-state index in [2.05, 4.69) is 10.1 Å². The normalized spacial score (nSPS) is 27.0. The number of benzene rings is 1. The molecule has 0 saturated carbocycles. The molecule has 2 aliphatic rings. The summed E-state index contributed by atoms with van der Waals surface area (Å²) in [4.78, 5) is 41.6. The Kier molecular flexibility index (Phi) is 9.64. The summed E-state index contributed by atoms with van der Waals surface area (Å²) in [5, 5.41) is 2.92. The van der Waals surface area contributed by atoms with E-state index in [1.165, 1.54) is 20.8 Å². The predicted molar refractivity (Wildman–Crippen MR) is 154 cm³/mol. The molecule has 2 aromatic rings. The Hall–Kier alpha value is -2.90. The molecule has 44 heavy (non-hydrogen) atoms. The molecule has 0 amide bonds. The van der Waals surface area contributed by atoms with Crippen LogP contribution in [0, 0.1) is 10.8 Å². The molecule has 0 spiro atoms. The first kappa shape index (κ1) is 34.0.